The highest BCUT2D eigenvalue weighted by Gasteiger charge is 1.96. The molecule has 0 aliphatic carbocycles. The average molecular weight is 319 g/mol. The molecule has 0 spiro atoms. The Morgan fingerprint density at radius 3 is 1.14 bits per heavy atom. The van der Waals surface area contributed by atoms with Gasteiger partial charge in [0.25, 0.3) is 0 Å². The van der Waals surface area contributed by atoms with E-state index in [-0.39, 0.29) is 0 Å². The molecule has 0 bridgehead atoms. The number of hydrogen-bond donors (Lipinski definition) is 1. The van der Waals surface area contributed by atoms with Gasteiger partial charge in [0.2, 0.25) is 0 Å². The first-order valence-corrected chi connectivity index (χ1v) is 10.6. The van der Waals surface area contributed by atoms with Crippen LogP contribution < -0.4 is 0 Å². The van der Waals surface area contributed by atoms with Crippen LogP contribution in [0.1, 0.15) is 110 Å². The summed E-state index contributed by atoms with van der Waals surface area (Å²) in [4.78, 5) is 0. The summed E-state index contributed by atoms with van der Waals surface area (Å²) in [7, 11) is 0. The highest BCUT2D eigenvalue weighted by atomic mass is 32.2. The molecule has 0 aromatic heterocycles. The minimum Gasteiger partial charge on any atom is -0.306 e. The third-order valence-corrected chi connectivity index (χ3v) is 4.81. The zero-order valence-corrected chi connectivity index (χ0v) is 15.1. The van der Waals surface area contributed by atoms with E-state index in [1.165, 1.54) is 89.9 Å². The van der Waals surface area contributed by atoms with Crippen molar-refractivity contribution in [3.63, 3.8) is 0 Å². The number of unbranched alkanes of at least 4 members (excludes halogenated alkanes) is 15. The second-order valence-electron chi connectivity index (χ2n) is 6.33. The van der Waals surface area contributed by atoms with E-state index in [2.05, 4.69) is 6.92 Å². The molecule has 0 saturated carbocycles. The van der Waals surface area contributed by atoms with Gasteiger partial charge in [-0.2, -0.15) is 0 Å². The van der Waals surface area contributed by atoms with Crippen LogP contribution in [0.5, 0.6) is 0 Å². The van der Waals surface area contributed by atoms with Crippen molar-refractivity contribution in [2.75, 3.05) is 5.75 Å². The van der Waals surface area contributed by atoms with Gasteiger partial charge < -0.3 is 4.55 Å². The quantitative estimate of drug-likeness (QED) is 0.246. The van der Waals surface area contributed by atoms with Crippen molar-refractivity contribution in [3.05, 3.63) is 0 Å². The highest BCUT2D eigenvalue weighted by molar-refractivity contribution is 7.79. The standard InChI is InChI=1S/C18H38O2S/c1-2-3-4-5-6-7-8-9-10-11-12-13-14-15-16-17-18-21(19)20/h2-18H2,1H3,(H,19,20). The Labute approximate surface area is 135 Å². The first-order valence-electron chi connectivity index (χ1n) is 9.35. The van der Waals surface area contributed by atoms with Gasteiger partial charge in [0.15, 0.2) is 11.1 Å². The second-order valence-corrected chi connectivity index (χ2v) is 7.38. The van der Waals surface area contributed by atoms with Crippen molar-refractivity contribution in [1.82, 2.24) is 0 Å². The molecular formula is C18H38O2S. The molecule has 0 fully saturated rings. The van der Waals surface area contributed by atoms with E-state index in [1.54, 1.807) is 0 Å². The topological polar surface area (TPSA) is 37.3 Å². The Morgan fingerprint density at radius 2 is 0.857 bits per heavy atom. The Morgan fingerprint density at radius 1 is 0.571 bits per heavy atom. The van der Waals surface area contributed by atoms with Crippen molar-refractivity contribution in [3.8, 4) is 0 Å². The van der Waals surface area contributed by atoms with Crippen LogP contribution in [0.4, 0.5) is 0 Å². The fraction of sp³-hybridized carbons (Fsp3) is 1.00. The maximum atomic E-state index is 10.5. The molecule has 21 heavy (non-hydrogen) atoms. The summed E-state index contributed by atoms with van der Waals surface area (Å²) in [5, 5.41) is 0. The summed E-state index contributed by atoms with van der Waals surface area (Å²) in [6.45, 7) is 2.28. The lowest BCUT2D eigenvalue weighted by atomic mass is 10.0. The lowest BCUT2D eigenvalue weighted by Crippen LogP contribution is -1.94. The molecule has 3 heteroatoms. The van der Waals surface area contributed by atoms with Crippen molar-refractivity contribution < 1.29 is 8.76 Å². The van der Waals surface area contributed by atoms with Crippen LogP contribution in [0.25, 0.3) is 0 Å². The average Bonchev–Trinajstić information content (AvgIpc) is 2.46. The molecule has 0 saturated heterocycles. The summed E-state index contributed by atoms with van der Waals surface area (Å²) in [5.74, 6) is 0.457. The molecule has 0 aliphatic rings. The molecule has 0 radical (unpaired) electrons. The van der Waals surface area contributed by atoms with Crippen LogP contribution in [-0.2, 0) is 11.1 Å². The van der Waals surface area contributed by atoms with E-state index in [4.69, 9.17) is 4.55 Å². The zero-order valence-electron chi connectivity index (χ0n) is 14.3. The van der Waals surface area contributed by atoms with Gasteiger partial charge >= 0.3 is 0 Å². The predicted octanol–water partition coefficient (Wildman–Crippen LogP) is 6.47. The van der Waals surface area contributed by atoms with Crippen LogP contribution >= 0.6 is 0 Å². The first-order chi connectivity index (χ1) is 10.3. The molecule has 0 aliphatic heterocycles. The van der Waals surface area contributed by atoms with Gasteiger partial charge in [-0.25, -0.2) is 4.21 Å². The van der Waals surface area contributed by atoms with Crippen LogP contribution in [0, 0.1) is 0 Å². The monoisotopic (exact) mass is 318 g/mol. The van der Waals surface area contributed by atoms with Crippen LogP contribution in [-0.4, -0.2) is 14.5 Å². The minimum atomic E-state index is -1.58. The summed E-state index contributed by atoms with van der Waals surface area (Å²) in [6.07, 6.45) is 21.5. The lowest BCUT2D eigenvalue weighted by molar-refractivity contribution is 0.529. The Kier molecular flexibility index (Phi) is 18.3. The largest absolute Gasteiger partial charge is 0.306 e. The number of hydrogen-bond acceptors (Lipinski definition) is 1. The van der Waals surface area contributed by atoms with Gasteiger partial charge in [-0.05, 0) is 6.42 Å². The van der Waals surface area contributed by atoms with Gasteiger partial charge in [0.1, 0.15) is 0 Å². The molecule has 1 unspecified atom stereocenters. The molecule has 0 aromatic rings. The Hall–Kier alpha value is 0.110. The highest BCUT2D eigenvalue weighted by Crippen LogP contribution is 2.13. The van der Waals surface area contributed by atoms with Crippen molar-refractivity contribution in [1.29, 1.82) is 0 Å². The van der Waals surface area contributed by atoms with Crippen LogP contribution in [0.2, 0.25) is 0 Å². The van der Waals surface area contributed by atoms with Crippen LogP contribution in [0.15, 0.2) is 0 Å². The Bertz CT molecular complexity index is 219. The Balaban J connectivity index is 2.95. The van der Waals surface area contributed by atoms with Gasteiger partial charge in [0, 0.05) is 5.75 Å². The summed E-state index contributed by atoms with van der Waals surface area (Å²) < 4.78 is 19.1. The molecular weight excluding hydrogens is 280 g/mol. The van der Waals surface area contributed by atoms with Gasteiger partial charge in [0.05, 0.1) is 0 Å². The van der Waals surface area contributed by atoms with Gasteiger partial charge in [-0.3, -0.25) is 0 Å². The van der Waals surface area contributed by atoms with E-state index >= 15 is 0 Å². The molecule has 1 N–H and O–H groups in total. The number of rotatable bonds is 17. The molecule has 1 atom stereocenters. The fourth-order valence-electron chi connectivity index (χ4n) is 2.77. The van der Waals surface area contributed by atoms with Crippen molar-refractivity contribution in [2.24, 2.45) is 0 Å². The smallest absolute Gasteiger partial charge is 0.152 e. The van der Waals surface area contributed by atoms with E-state index in [1.807, 2.05) is 0 Å². The normalized spacial score (nSPS) is 12.7. The summed E-state index contributed by atoms with van der Waals surface area (Å²) in [6, 6.07) is 0. The molecule has 0 heterocycles. The third-order valence-electron chi connectivity index (χ3n) is 4.17. The molecule has 0 rings (SSSR count). The van der Waals surface area contributed by atoms with Crippen molar-refractivity contribution in [2.45, 2.75) is 110 Å². The van der Waals surface area contributed by atoms with E-state index in [9.17, 15) is 4.21 Å². The van der Waals surface area contributed by atoms with E-state index in [0.29, 0.717) is 5.75 Å². The van der Waals surface area contributed by atoms with Crippen LogP contribution in [0.3, 0.4) is 0 Å². The van der Waals surface area contributed by atoms with Gasteiger partial charge in [-0.1, -0.05) is 103 Å². The maximum Gasteiger partial charge on any atom is 0.152 e. The second kappa shape index (κ2) is 18.2. The fourth-order valence-corrected chi connectivity index (χ4v) is 3.22. The lowest BCUT2D eigenvalue weighted by Gasteiger charge is -2.03. The van der Waals surface area contributed by atoms with Crippen molar-refractivity contribution >= 4 is 11.1 Å². The van der Waals surface area contributed by atoms with E-state index < -0.39 is 11.1 Å². The van der Waals surface area contributed by atoms with E-state index in [0.717, 1.165) is 12.8 Å². The molecule has 2 nitrogen and oxygen atoms in total. The molecule has 0 aromatic carbocycles. The molecule has 0 amide bonds. The van der Waals surface area contributed by atoms with Gasteiger partial charge in [-0.15, -0.1) is 0 Å². The summed E-state index contributed by atoms with van der Waals surface area (Å²) >= 11 is -1.58. The predicted molar refractivity (Wildman–Crippen MR) is 95.2 cm³/mol. The third kappa shape index (κ3) is 20.1. The minimum absolute atomic E-state index is 0.457. The summed E-state index contributed by atoms with van der Waals surface area (Å²) in [5.41, 5.74) is 0. The zero-order chi connectivity index (χ0) is 15.6. The SMILES string of the molecule is CCCCCCCCCCCCCCCCCCS(=O)O. The molecule has 128 valence electrons. The maximum absolute atomic E-state index is 10.5. The first kappa shape index (κ1) is 21.1.